The van der Waals surface area contributed by atoms with Crippen LogP contribution in [0.5, 0.6) is 0 Å². The number of benzene rings is 4. The molecule has 2 aliphatic rings. The number of hydrogen-bond acceptors (Lipinski definition) is 13. The van der Waals surface area contributed by atoms with Crippen LogP contribution in [0, 0.1) is 17.8 Å². The summed E-state index contributed by atoms with van der Waals surface area (Å²) in [4.78, 5) is 125. The molecule has 15 nitrogen and oxygen atoms in total. The first-order chi connectivity index (χ1) is 33.3. The average Bonchev–Trinajstić information content (AvgIpc) is 3.34. The first kappa shape index (κ1) is 59.6. The van der Waals surface area contributed by atoms with Crippen molar-refractivity contribution in [1.82, 2.24) is 5.32 Å². The van der Waals surface area contributed by atoms with Gasteiger partial charge >= 0.3 is 11.9 Å². The Kier molecular flexibility index (Phi) is 22.5. The number of ketones is 6. The molecule has 72 heavy (non-hydrogen) atoms. The van der Waals surface area contributed by atoms with Crippen molar-refractivity contribution >= 4 is 93.0 Å². The van der Waals surface area contributed by atoms with Gasteiger partial charge < -0.3 is 20.1 Å². The lowest BCUT2D eigenvalue weighted by Crippen LogP contribution is -2.41. The van der Waals surface area contributed by atoms with Gasteiger partial charge in [-0.1, -0.05) is 66.8 Å². The molecule has 384 valence electrons. The van der Waals surface area contributed by atoms with Crippen LogP contribution in [0.15, 0.2) is 72.8 Å². The number of esters is 2. The van der Waals surface area contributed by atoms with Crippen LogP contribution in [0.3, 0.4) is 0 Å². The van der Waals surface area contributed by atoms with E-state index in [1.54, 1.807) is 42.5 Å². The third-order valence-electron chi connectivity index (χ3n) is 11.6. The van der Waals surface area contributed by atoms with E-state index in [-0.39, 0.29) is 161 Å². The van der Waals surface area contributed by atoms with E-state index in [1.807, 2.05) is 27.7 Å². The molecule has 6 rings (SSSR count). The largest absolute Gasteiger partial charge is 0.469 e. The van der Waals surface area contributed by atoms with E-state index >= 15 is 0 Å². The number of amides is 2. The number of ether oxygens (including phenoxy) is 2. The standard InChI is InChI=1S/C34H42N2O8.C19H13Cl2NO4.2CH4/c1-19(2)13-22(33(41)43-5)8-12-30(38)36-23-9-11-26-28(17-23)32(40)25-10-7-21(16-27(25)31(26)39)15-24(37)18-35-29(14-20(3)4)34(42)44-6;20-8-12(23)5-10-1-3-13-15(6-10)18(25)14-4-2-11(22-17(24)9-21)7-16(14)19(13)26;;/h7,9-11,16-17,19-20,22,29,35H,8,12-15,18H2,1-6H3,(H,36,38);1-4,6-7H,5,8-9H2,(H,22,24);2*1H4/t22-,29-;;;/m1.../s1. The summed E-state index contributed by atoms with van der Waals surface area (Å²) < 4.78 is 9.70. The number of fused-ring (bicyclic) bond motifs is 4. The molecule has 2 atom stereocenters. The lowest BCUT2D eigenvalue weighted by molar-refractivity contribution is -0.146. The molecule has 0 fully saturated rings. The number of alkyl halides is 2. The van der Waals surface area contributed by atoms with Gasteiger partial charge in [0.25, 0.3) is 0 Å². The topological polar surface area (TPSA) is 225 Å². The molecule has 0 aliphatic heterocycles. The highest BCUT2D eigenvalue weighted by molar-refractivity contribution is 6.31. The summed E-state index contributed by atoms with van der Waals surface area (Å²) in [6.07, 6.45) is 1.68. The average molecular weight is 1030 g/mol. The molecule has 2 amide bonds. The van der Waals surface area contributed by atoms with Crippen LogP contribution >= 0.6 is 23.2 Å². The molecule has 3 N–H and O–H groups in total. The normalized spacial score (nSPS) is 12.8. The van der Waals surface area contributed by atoms with Gasteiger partial charge in [0.2, 0.25) is 11.8 Å². The number of methoxy groups -OCH3 is 2. The molecule has 0 aromatic heterocycles. The summed E-state index contributed by atoms with van der Waals surface area (Å²) in [5.74, 6) is -3.38. The van der Waals surface area contributed by atoms with Crippen molar-refractivity contribution in [1.29, 1.82) is 0 Å². The van der Waals surface area contributed by atoms with Crippen LogP contribution in [0.25, 0.3) is 0 Å². The maximum absolute atomic E-state index is 13.4. The Morgan fingerprint density at radius 2 is 0.931 bits per heavy atom. The monoisotopic (exact) mass is 1030 g/mol. The number of carbonyl (C=O) groups is 10. The Labute approximate surface area is 430 Å². The summed E-state index contributed by atoms with van der Waals surface area (Å²) in [6, 6.07) is 17.9. The Morgan fingerprint density at radius 3 is 1.35 bits per heavy atom. The van der Waals surface area contributed by atoms with Crippen molar-refractivity contribution in [2.45, 2.75) is 87.1 Å². The Balaban J connectivity index is 0.000000417. The zero-order chi connectivity index (χ0) is 51.4. The van der Waals surface area contributed by atoms with Gasteiger partial charge in [0.15, 0.2) is 34.7 Å². The fourth-order valence-electron chi connectivity index (χ4n) is 8.24. The third kappa shape index (κ3) is 15.2. The Hall–Kier alpha value is -6.68. The molecular formula is C55H63Cl2N3O12. The minimum absolute atomic E-state index is 0. The van der Waals surface area contributed by atoms with Crippen molar-refractivity contribution in [3.05, 3.63) is 128 Å². The summed E-state index contributed by atoms with van der Waals surface area (Å²) in [5.41, 5.74) is 3.80. The number of anilines is 2. The van der Waals surface area contributed by atoms with E-state index in [2.05, 4.69) is 16.0 Å². The second-order valence-electron chi connectivity index (χ2n) is 17.9. The van der Waals surface area contributed by atoms with Crippen LogP contribution in [0.4, 0.5) is 11.4 Å². The van der Waals surface area contributed by atoms with Crippen molar-refractivity contribution in [3.63, 3.8) is 0 Å². The molecule has 0 heterocycles. The molecule has 0 radical (unpaired) electrons. The molecule has 0 saturated carbocycles. The van der Waals surface area contributed by atoms with E-state index in [1.165, 1.54) is 44.6 Å². The van der Waals surface area contributed by atoms with Gasteiger partial charge in [0.1, 0.15) is 11.9 Å². The number of halogens is 2. The number of hydrogen-bond donors (Lipinski definition) is 3. The van der Waals surface area contributed by atoms with E-state index in [0.29, 0.717) is 41.8 Å². The predicted octanol–water partition coefficient (Wildman–Crippen LogP) is 8.57. The molecular weight excluding hydrogens is 966 g/mol. The van der Waals surface area contributed by atoms with E-state index < -0.39 is 17.9 Å². The smallest absolute Gasteiger partial charge is 0.322 e. The molecule has 17 heteroatoms. The molecule has 2 aliphatic carbocycles. The highest BCUT2D eigenvalue weighted by atomic mass is 35.5. The predicted molar refractivity (Wildman–Crippen MR) is 277 cm³/mol. The van der Waals surface area contributed by atoms with E-state index in [9.17, 15) is 47.9 Å². The summed E-state index contributed by atoms with van der Waals surface area (Å²) >= 11 is 11.0. The van der Waals surface area contributed by atoms with Gasteiger partial charge in [-0.25, -0.2) is 0 Å². The molecule has 0 bridgehead atoms. The quantitative estimate of drug-likeness (QED) is 0.0482. The van der Waals surface area contributed by atoms with E-state index in [4.69, 9.17) is 32.7 Å². The highest BCUT2D eigenvalue weighted by Gasteiger charge is 2.32. The van der Waals surface area contributed by atoms with Crippen LogP contribution in [0.2, 0.25) is 0 Å². The van der Waals surface area contributed by atoms with Gasteiger partial charge in [-0.2, -0.15) is 0 Å². The lowest BCUT2D eigenvalue weighted by Gasteiger charge is -2.20. The van der Waals surface area contributed by atoms with Gasteiger partial charge in [-0.05, 0) is 90.8 Å². The Morgan fingerprint density at radius 1 is 0.514 bits per heavy atom. The van der Waals surface area contributed by atoms with E-state index in [0.717, 1.165) is 0 Å². The fourth-order valence-corrected chi connectivity index (χ4v) is 8.40. The number of nitrogens with one attached hydrogen (secondary N) is 3. The number of rotatable bonds is 20. The summed E-state index contributed by atoms with van der Waals surface area (Å²) in [5, 5.41) is 8.28. The van der Waals surface area contributed by atoms with Crippen molar-refractivity contribution < 1.29 is 57.4 Å². The fraction of sp³-hybridized carbons (Fsp3) is 0.382. The first-order valence-electron chi connectivity index (χ1n) is 22.7. The number of carbonyl (C=O) groups excluding carboxylic acids is 10. The molecule has 0 saturated heterocycles. The van der Waals surface area contributed by atoms with Crippen molar-refractivity contribution in [2.75, 3.05) is 43.2 Å². The molecule has 0 unspecified atom stereocenters. The van der Waals surface area contributed by atoms with Gasteiger partial charge in [-0.3, -0.25) is 53.3 Å². The lowest BCUT2D eigenvalue weighted by atomic mass is 9.82. The maximum Gasteiger partial charge on any atom is 0.322 e. The van der Waals surface area contributed by atoms with Gasteiger partial charge in [0, 0.05) is 75.1 Å². The van der Waals surface area contributed by atoms with Crippen molar-refractivity contribution in [2.24, 2.45) is 17.8 Å². The molecule has 4 aromatic rings. The summed E-state index contributed by atoms with van der Waals surface area (Å²) in [6.45, 7) is 7.89. The molecule has 4 aromatic carbocycles. The second kappa shape index (κ2) is 27.2. The van der Waals surface area contributed by atoms with Crippen LogP contribution in [-0.2, 0) is 51.1 Å². The zero-order valence-electron chi connectivity index (χ0n) is 39.8. The van der Waals surface area contributed by atoms with Crippen molar-refractivity contribution in [3.8, 4) is 0 Å². The first-order valence-corrected chi connectivity index (χ1v) is 23.7. The number of Topliss-reactive ketones (excluding diaryl/α,β-unsaturated/α-hetero) is 2. The Bertz CT molecular complexity index is 2560. The third-order valence-corrected chi connectivity index (χ3v) is 12.1. The van der Waals surface area contributed by atoms with Crippen LogP contribution < -0.4 is 16.0 Å². The van der Waals surface area contributed by atoms with Gasteiger partial charge in [-0.15, -0.1) is 23.2 Å². The van der Waals surface area contributed by atoms with Crippen LogP contribution in [-0.4, -0.2) is 97.0 Å². The maximum atomic E-state index is 13.4. The highest BCUT2D eigenvalue weighted by Crippen LogP contribution is 2.32. The SMILES string of the molecule is C.C.COC(=O)[C@H](CCC(=O)Nc1ccc2c(c1)C(=O)c1ccc(CC(=O)CN[C@H](CC(C)C)C(=O)OC)cc1C2=O)CC(C)C.O=C(CCl)Cc1ccc2c(c1)C(=O)c1ccc(NC(=O)CCl)cc1C2=O. The minimum Gasteiger partial charge on any atom is -0.469 e. The molecule has 0 spiro atoms. The summed E-state index contributed by atoms with van der Waals surface area (Å²) in [7, 11) is 2.63. The minimum atomic E-state index is -0.598. The van der Waals surface area contributed by atoms with Crippen LogP contribution in [0.1, 0.15) is 143 Å². The zero-order valence-corrected chi connectivity index (χ0v) is 41.3. The van der Waals surface area contributed by atoms with Gasteiger partial charge in [0.05, 0.1) is 32.6 Å². The second-order valence-corrected chi connectivity index (χ2v) is 18.4.